The van der Waals surface area contributed by atoms with Gasteiger partial charge in [-0.3, -0.25) is 4.79 Å². The highest BCUT2D eigenvalue weighted by atomic mass is 16.3. The van der Waals surface area contributed by atoms with Gasteiger partial charge in [-0.1, -0.05) is 23.7 Å². The molecule has 17 heavy (non-hydrogen) atoms. The molecular formula is C13H10O4. The number of rotatable bonds is 0. The molecule has 0 aromatic rings. The van der Waals surface area contributed by atoms with E-state index in [9.17, 15) is 20.1 Å². The van der Waals surface area contributed by atoms with Crippen LogP contribution in [0.5, 0.6) is 0 Å². The van der Waals surface area contributed by atoms with Gasteiger partial charge in [0, 0.05) is 12.0 Å². The van der Waals surface area contributed by atoms with E-state index in [1.165, 1.54) is 18.2 Å². The van der Waals surface area contributed by atoms with Crippen molar-refractivity contribution in [2.45, 2.75) is 24.2 Å². The molecule has 3 N–H and O–H groups in total. The second-order valence-corrected chi connectivity index (χ2v) is 3.88. The van der Waals surface area contributed by atoms with E-state index in [0.717, 1.165) is 0 Å². The molecule has 0 saturated carbocycles. The van der Waals surface area contributed by atoms with Crippen molar-refractivity contribution in [1.82, 2.24) is 0 Å². The van der Waals surface area contributed by atoms with E-state index in [2.05, 4.69) is 23.7 Å². The standard InChI is InChI=1S/C13H10O4/c14-9-7-10-11(15)5-3-1-2-4-6-13(17,8-9)12(10)16/h1-2,7,9,11,14-15,17H,8H2/b2-1-. The summed E-state index contributed by atoms with van der Waals surface area (Å²) in [7, 11) is 0. The van der Waals surface area contributed by atoms with Gasteiger partial charge in [-0.2, -0.15) is 0 Å². The Kier molecular flexibility index (Phi) is 2.87. The number of allylic oxidation sites excluding steroid dienone is 2. The minimum absolute atomic E-state index is 0.108. The summed E-state index contributed by atoms with van der Waals surface area (Å²) in [6.45, 7) is 0. The Labute approximate surface area is 98.3 Å². The van der Waals surface area contributed by atoms with Crippen LogP contribution in [0.4, 0.5) is 0 Å². The van der Waals surface area contributed by atoms with Crippen molar-refractivity contribution in [2.24, 2.45) is 0 Å². The Balaban J connectivity index is 2.57. The minimum Gasteiger partial charge on any atom is -0.389 e. The highest BCUT2D eigenvalue weighted by Crippen LogP contribution is 2.26. The minimum atomic E-state index is -1.95. The zero-order chi connectivity index (χ0) is 12.5. The lowest BCUT2D eigenvalue weighted by atomic mass is 9.80. The van der Waals surface area contributed by atoms with E-state index in [4.69, 9.17) is 0 Å². The Morgan fingerprint density at radius 2 is 2.00 bits per heavy atom. The van der Waals surface area contributed by atoms with Crippen molar-refractivity contribution in [1.29, 1.82) is 0 Å². The van der Waals surface area contributed by atoms with Crippen molar-refractivity contribution >= 4 is 5.78 Å². The zero-order valence-electron chi connectivity index (χ0n) is 8.84. The highest BCUT2D eigenvalue weighted by molar-refractivity contribution is 6.06. The Morgan fingerprint density at radius 3 is 2.76 bits per heavy atom. The molecule has 4 nitrogen and oxygen atoms in total. The number of Topliss-reactive ketones (excluding diaryl/α,β-unsaturated/α-hetero) is 1. The predicted octanol–water partition coefficient (Wildman–Crippen LogP) is -1.08. The first kappa shape index (κ1) is 11.6. The summed E-state index contributed by atoms with van der Waals surface area (Å²) < 4.78 is 0. The Hall–Kier alpha value is -1.85. The summed E-state index contributed by atoms with van der Waals surface area (Å²) in [5.74, 6) is 9.11. The fourth-order valence-corrected chi connectivity index (χ4v) is 1.75. The summed E-state index contributed by atoms with van der Waals surface area (Å²) >= 11 is 0. The molecule has 2 bridgehead atoms. The molecule has 0 saturated heterocycles. The highest BCUT2D eigenvalue weighted by Gasteiger charge is 2.43. The summed E-state index contributed by atoms with van der Waals surface area (Å²) in [6.07, 6.45) is 1.46. The normalized spacial score (nSPS) is 36.9. The Morgan fingerprint density at radius 1 is 1.29 bits per heavy atom. The fraction of sp³-hybridized carbons (Fsp3) is 0.308. The van der Waals surface area contributed by atoms with Crippen molar-refractivity contribution in [2.75, 3.05) is 0 Å². The van der Waals surface area contributed by atoms with Crippen LogP contribution in [0.1, 0.15) is 6.42 Å². The van der Waals surface area contributed by atoms with E-state index in [1.54, 1.807) is 0 Å². The van der Waals surface area contributed by atoms with E-state index in [0.29, 0.717) is 0 Å². The monoisotopic (exact) mass is 230 g/mol. The summed E-state index contributed by atoms with van der Waals surface area (Å²) in [4.78, 5) is 11.9. The molecule has 0 fully saturated rings. The number of fused-ring (bicyclic) bond motifs is 2. The molecular weight excluding hydrogens is 220 g/mol. The van der Waals surface area contributed by atoms with Gasteiger partial charge in [-0.15, -0.1) is 0 Å². The first-order chi connectivity index (χ1) is 8.03. The smallest absolute Gasteiger partial charge is 0.206 e. The maximum absolute atomic E-state index is 11.9. The van der Waals surface area contributed by atoms with Crippen molar-refractivity contribution in [3.05, 3.63) is 23.8 Å². The summed E-state index contributed by atoms with van der Waals surface area (Å²) in [5.41, 5.74) is -2.06. The van der Waals surface area contributed by atoms with E-state index in [1.807, 2.05) is 0 Å². The average molecular weight is 230 g/mol. The van der Waals surface area contributed by atoms with Crippen LogP contribution in [0.2, 0.25) is 0 Å². The van der Waals surface area contributed by atoms with Crippen molar-refractivity contribution in [3.63, 3.8) is 0 Å². The van der Waals surface area contributed by atoms with Gasteiger partial charge in [0.2, 0.25) is 5.78 Å². The number of hydrogen-bond donors (Lipinski definition) is 3. The number of aliphatic hydroxyl groups is 3. The summed E-state index contributed by atoms with van der Waals surface area (Å²) in [6, 6.07) is 0. The number of hydrogen-bond acceptors (Lipinski definition) is 4. The second-order valence-electron chi connectivity index (χ2n) is 3.88. The van der Waals surface area contributed by atoms with Gasteiger partial charge in [0.05, 0.1) is 6.10 Å². The molecule has 0 spiro atoms. The zero-order valence-corrected chi connectivity index (χ0v) is 8.84. The molecule has 86 valence electrons. The van der Waals surface area contributed by atoms with Crippen LogP contribution in [0, 0.1) is 23.7 Å². The van der Waals surface area contributed by atoms with Gasteiger partial charge in [0.25, 0.3) is 0 Å². The number of ketones is 1. The molecule has 2 aliphatic carbocycles. The van der Waals surface area contributed by atoms with Crippen LogP contribution >= 0.6 is 0 Å². The van der Waals surface area contributed by atoms with Crippen LogP contribution < -0.4 is 0 Å². The van der Waals surface area contributed by atoms with Crippen molar-refractivity contribution in [3.8, 4) is 23.7 Å². The van der Waals surface area contributed by atoms with Crippen LogP contribution in [-0.4, -0.2) is 38.9 Å². The third-order valence-corrected chi connectivity index (χ3v) is 2.56. The van der Waals surface area contributed by atoms with Gasteiger partial charge < -0.3 is 15.3 Å². The lowest BCUT2D eigenvalue weighted by Gasteiger charge is -2.29. The largest absolute Gasteiger partial charge is 0.389 e. The van der Waals surface area contributed by atoms with E-state index in [-0.39, 0.29) is 12.0 Å². The van der Waals surface area contributed by atoms with Crippen LogP contribution in [0.25, 0.3) is 0 Å². The first-order valence-electron chi connectivity index (χ1n) is 5.07. The van der Waals surface area contributed by atoms with E-state index < -0.39 is 23.6 Å². The lowest BCUT2D eigenvalue weighted by molar-refractivity contribution is -0.132. The van der Waals surface area contributed by atoms with Gasteiger partial charge in [-0.25, -0.2) is 0 Å². The van der Waals surface area contributed by atoms with Crippen LogP contribution in [0.15, 0.2) is 23.8 Å². The maximum Gasteiger partial charge on any atom is 0.206 e. The maximum atomic E-state index is 11.9. The molecule has 2 aliphatic rings. The molecule has 0 aromatic heterocycles. The molecule has 3 atom stereocenters. The van der Waals surface area contributed by atoms with Gasteiger partial charge in [0.15, 0.2) is 5.60 Å². The van der Waals surface area contributed by atoms with E-state index >= 15 is 0 Å². The average Bonchev–Trinajstić information content (AvgIpc) is 2.26. The van der Waals surface area contributed by atoms with Gasteiger partial charge in [0.1, 0.15) is 6.10 Å². The molecule has 4 heteroatoms. The molecule has 2 rings (SSSR count). The topological polar surface area (TPSA) is 77.8 Å². The number of aliphatic hydroxyl groups excluding tert-OH is 2. The third-order valence-electron chi connectivity index (χ3n) is 2.56. The third kappa shape index (κ3) is 2.15. The molecule has 0 heterocycles. The van der Waals surface area contributed by atoms with Crippen LogP contribution in [0.3, 0.4) is 0 Å². The predicted molar refractivity (Wildman–Crippen MR) is 59.4 cm³/mol. The molecule has 0 aliphatic heterocycles. The molecule has 0 radical (unpaired) electrons. The van der Waals surface area contributed by atoms with Crippen molar-refractivity contribution < 1.29 is 20.1 Å². The Bertz CT molecular complexity index is 535. The quantitative estimate of drug-likeness (QED) is 0.462. The number of carbonyl (C=O) groups excluding carboxylic acids is 1. The molecule has 0 aromatic carbocycles. The van der Waals surface area contributed by atoms with Gasteiger partial charge in [-0.05, 0) is 18.2 Å². The fourth-order valence-electron chi connectivity index (χ4n) is 1.75. The second kappa shape index (κ2) is 4.20. The molecule has 3 unspecified atom stereocenters. The lowest BCUT2D eigenvalue weighted by Crippen LogP contribution is -2.46. The summed E-state index contributed by atoms with van der Waals surface area (Å²) in [5, 5.41) is 29.3. The number of carbonyl (C=O) groups is 1. The SMILES string of the molecule is O=C1C2=CC(O)CC1(O)C#C/C=C\C#CC2O. The van der Waals surface area contributed by atoms with Crippen LogP contribution in [-0.2, 0) is 4.79 Å². The molecule has 0 amide bonds. The van der Waals surface area contributed by atoms with Gasteiger partial charge >= 0.3 is 0 Å². The first-order valence-corrected chi connectivity index (χ1v) is 5.07.